The molecule has 0 radical (unpaired) electrons. The summed E-state index contributed by atoms with van der Waals surface area (Å²) in [5.41, 5.74) is 0.281. The minimum Gasteiger partial charge on any atom is -0.465 e. The zero-order valence-electron chi connectivity index (χ0n) is 13.2. The summed E-state index contributed by atoms with van der Waals surface area (Å²) in [5, 5.41) is 0. The van der Waals surface area contributed by atoms with Crippen molar-refractivity contribution >= 4 is 5.97 Å². The molecule has 0 saturated carbocycles. The minimum absolute atomic E-state index is 0.0257. The van der Waals surface area contributed by atoms with Crippen molar-refractivity contribution in [3.63, 3.8) is 0 Å². The van der Waals surface area contributed by atoms with Gasteiger partial charge in [-0.05, 0) is 17.3 Å². The van der Waals surface area contributed by atoms with Gasteiger partial charge in [0.15, 0.2) is 0 Å². The molecule has 0 spiro atoms. The molecule has 0 bridgehead atoms. The number of ether oxygens (including phenoxy) is 1. The van der Waals surface area contributed by atoms with Crippen molar-refractivity contribution in [2.24, 2.45) is 16.2 Å². The van der Waals surface area contributed by atoms with Crippen LogP contribution in [-0.4, -0.2) is 12.6 Å². The molecule has 2 heteroatoms. The van der Waals surface area contributed by atoms with E-state index >= 15 is 0 Å². The molecular weight excluding hydrogens is 224 g/mol. The van der Waals surface area contributed by atoms with Crippen LogP contribution in [0.25, 0.3) is 0 Å². The lowest BCUT2D eigenvalue weighted by molar-refractivity contribution is -0.150. The lowest BCUT2D eigenvalue weighted by atomic mass is 9.62. The SMILES string of the molecule is C=CCC(=O)OCC(C)(CC(C)(C)C)C(C)(C)C. The van der Waals surface area contributed by atoms with Crippen LogP contribution in [0.15, 0.2) is 12.7 Å². The summed E-state index contributed by atoms with van der Waals surface area (Å²) >= 11 is 0. The normalized spacial score (nSPS) is 15.9. The summed E-state index contributed by atoms with van der Waals surface area (Å²) in [4.78, 5) is 11.5. The molecule has 0 aromatic heterocycles. The van der Waals surface area contributed by atoms with Gasteiger partial charge in [0.1, 0.15) is 0 Å². The van der Waals surface area contributed by atoms with Crippen molar-refractivity contribution in [1.29, 1.82) is 0 Å². The Balaban J connectivity index is 4.80. The number of carbonyl (C=O) groups excluding carboxylic acids is 1. The quantitative estimate of drug-likeness (QED) is 0.529. The van der Waals surface area contributed by atoms with Crippen molar-refractivity contribution in [2.45, 2.75) is 61.3 Å². The fourth-order valence-electron chi connectivity index (χ4n) is 2.12. The summed E-state index contributed by atoms with van der Waals surface area (Å²) in [5.74, 6) is -0.186. The minimum atomic E-state index is -0.186. The molecule has 0 N–H and O–H groups in total. The maximum atomic E-state index is 11.5. The molecule has 0 aromatic rings. The van der Waals surface area contributed by atoms with E-state index in [1.165, 1.54) is 0 Å². The lowest BCUT2D eigenvalue weighted by Crippen LogP contribution is -2.41. The summed E-state index contributed by atoms with van der Waals surface area (Å²) in [6.07, 6.45) is 2.89. The van der Waals surface area contributed by atoms with Gasteiger partial charge in [-0.3, -0.25) is 4.79 Å². The summed E-state index contributed by atoms with van der Waals surface area (Å²) in [6.45, 7) is 19.5. The first-order chi connectivity index (χ1) is 7.91. The van der Waals surface area contributed by atoms with Gasteiger partial charge in [0.25, 0.3) is 0 Å². The summed E-state index contributed by atoms with van der Waals surface area (Å²) < 4.78 is 5.41. The second-order valence-corrected chi connectivity index (χ2v) is 7.70. The molecule has 0 saturated heterocycles. The molecule has 0 aliphatic carbocycles. The smallest absolute Gasteiger partial charge is 0.309 e. The molecule has 2 nitrogen and oxygen atoms in total. The fraction of sp³-hybridized carbons (Fsp3) is 0.812. The third kappa shape index (κ3) is 5.70. The Hall–Kier alpha value is -0.790. The second kappa shape index (κ2) is 5.90. The second-order valence-electron chi connectivity index (χ2n) is 7.70. The van der Waals surface area contributed by atoms with Crippen LogP contribution >= 0.6 is 0 Å². The predicted octanol–water partition coefficient (Wildman–Crippen LogP) is 4.59. The zero-order valence-corrected chi connectivity index (χ0v) is 13.2. The van der Waals surface area contributed by atoms with Gasteiger partial charge in [0, 0.05) is 5.41 Å². The average molecular weight is 254 g/mol. The Morgan fingerprint density at radius 1 is 1.11 bits per heavy atom. The molecule has 0 aromatic carbocycles. The highest BCUT2D eigenvalue weighted by molar-refractivity contribution is 5.71. The Morgan fingerprint density at radius 3 is 1.94 bits per heavy atom. The van der Waals surface area contributed by atoms with E-state index in [0.717, 1.165) is 6.42 Å². The van der Waals surface area contributed by atoms with Gasteiger partial charge in [0.05, 0.1) is 13.0 Å². The number of hydrogen-bond donors (Lipinski definition) is 0. The number of rotatable bonds is 5. The van der Waals surface area contributed by atoms with Crippen LogP contribution in [0.5, 0.6) is 0 Å². The van der Waals surface area contributed by atoms with Crippen molar-refractivity contribution < 1.29 is 9.53 Å². The van der Waals surface area contributed by atoms with Crippen LogP contribution in [0.1, 0.15) is 61.3 Å². The van der Waals surface area contributed by atoms with Gasteiger partial charge < -0.3 is 4.74 Å². The Bertz CT molecular complexity index is 291. The van der Waals surface area contributed by atoms with E-state index in [2.05, 4.69) is 55.0 Å². The predicted molar refractivity (Wildman–Crippen MR) is 77.4 cm³/mol. The summed E-state index contributed by atoms with van der Waals surface area (Å²) in [7, 11) is 0. The third-order valence-electron chi connectivity index (χ3n) is 3.59. The zero-order chi connectivity index (χ0) is 14.6. The lowest BCUT2D eigenvalue weighted by Gasteiger charge is -2.45. The Kier molecular flexibility index (Phi) is 5.64. The van der Waals surface area contributed by atoms with Crippen molar-refractivity contribution in [3.8, 4) is 0 Å². The van der Waals surface area contributed by atoms with E-state index in [9.17, 15) is 4.79 Å². The van der Waals surface area contributed by atoms with Crippen molar-refractivity contribution in [1.82, 2.24) is 0 Å². The van der Waals surface area contributed by atoms with Gasteiger partial charge >= 0.3 is 5.97 Å². The number of esters is 1. The van der Waals surface area contributed by atoms with Gasteiger partial charge in [-0.25, -0.2) is 0 Å². The van der Waals surface area contributed by atoms with E-state index in [1.54, 1.807) is 6.08 Å². The topological polar surface area (TPSA) is 26.3 Å². The largest absolute Gasteiger partial charge is 0.465 e. The molecule has 1 unspecified atom stereocenters. The van der Waals surface area contributed by atoms with Crippen LogP contribution in [0.3, 0.4) is 0 Å². The molecular formula is C16H30O2. The van der Waals surface area contributed by atoms with E-state index < -0.39 is 0 Å². The molecule has 0 fully saturated rings. The first-order valence-electron chi connectivity index (χ1n) is 6.68. The number of hydrogen-bond acceptors (Lipinski definition) is 2. The maximum absolute atomic E-state index is 11.5. The molecule has 0 amide bonds. The van der Waals surface area contributed by atoms with Gasteiger partial charge in [-0.15, -0.1) is 6.58 Å². The first-order valence-corrected chi connectivity index (χ1v) is 6.68. The van der Waals surface area contributed by atoms with Crippen molar-refractivity contribution in [2.75, 3.05) is 6.61 Å². The van der Waals surface area contributed by atoms with Gasteiger partial charge in [0.2, 0.25) is 0 Å². The molecule has 18 heavy (non-hydrogen) atoms. The highest BCUT2D eigenvalue weighted by Gasteiger charge is 2.41. The molecule has 0 aliphatic rings. The Labute approximate surface area is 113 Å². The van der Waals surface area contributed by atoms with E-state index in [0.29, 0.717) is 6.61 Å². The Morgan fingerprint density at radius 2 is 1.61 bits per heavy atom. The standard InChI is InChI=1S/C16H30O2/c1-9-10-13(17)18-12-16(8,15(5,6)7)11-14(2,3)4/h9H,1,10-12H2,2-8H3. The molecule has 1 atom stereocenters. The molecule has 0 aliphatic heterocycles. The van der Waals surface area contributed by atoms with Gasteiger partial charge in [-0.2, -0.15) is 0 Å². The van der Waals surface area contributed by atoms with Crippen molar-refractivity contribution in [3.05, 3.63) is 12.7 Å². The monoisotopic (exact) mass is 254 g/mol. The van der Waals surface area contributed by atoms with Crippen LogP contribution in [0, 0.1) is 16.2 Å². The highest BCUT2D eigenvalue weighted by Crippen LogP contribution is 2.46. The highest BCUT2D eigenvalue weighted by atomic mass is 16.5. The van der Waals surface area contributed by atoms with E-state index in [-0.39, 0.29) is 28.6 Å². The van der Waals surface area contributed by atoms with Crippen LogP contribution in [-0.2, 0) is 9.53 Å². The fourth-order valence-corrected chi connectivity index (χ4v) is 2.12. The van der Waals surface area contributed by atoms with E-state index in [4.69, 9.17) is 4.74 Å². The summed E-state index contributed by atoms with van der Waals surface area (Å²) in [6, 6.07) is 0. The third-order valence-corrected chi connectivity index (χ3v) is 3.59. The molecule has 0 rings (SSSR count). The average Bonchev–Trinajstić information content (AvgIpc) is 2.11. The molecule has 106 valence electrons. The van der Waals surface area contributed by atoms with Gasteiger partial charge in [-0.1, -0.05) is 54.5 Å². The molecule has 0 heterocycles. The van der Waals surface area contributed by atoms with E-state index in [1.807, 2.05) is 0 Å². The maximum Gasteiger partial charge on any atom is 0.309 e. The van der Waals surface area contributed by atoms with Crippen LogP contribution < -0.4 is 0 Å². The van der Waals surface area contributed by atoms with Crippen LogP contribution in [0.2, 0.25) is 0 Å². The number of carbonyl (C=O) groups is 1. The van der Waals surface area contributed by atoms with Crippen LogP contribution in [0.4, 0.5) is 0 Å². The first kappa shape index (κ1) is 17.2.